The highest BCUT2D eigenvalue weighted by atomic mass is 32.2. The zero-order valence-electron chi connectivity index (χ0n) is 17.7. The lowest BCUT2D eigenvalue weighted by molar-refractivity contribution is -0.132. The highest BCUT2D eigenvalue weighted by molar-refractivity contribution is 7.99. The predicted molar refractivity (Wildman–Crippen MR) is 125 cm³/mol. The molecule has 0 radical (unpaired) electrons. The van der Waals surface area contributed by atoms with Gasteiger partial charge in [0.25, 0.3) is 5.56 Å². The standard InChI is InChI=1S/C23H27N3O2S2/c1-4-17-7-5-6-11-25(17)20(27)14-30-23-24-18-10-12-29-21(18)22(28)26(23)19-9-8-15(2)13-16(19)3/h8-10,12-13,17H,4-7,11,14H2,1-3H3/t17-/m0/s1. The smallest absolute Gasteiger partial charge is 0.276 e. The molecule has 1 aliphatic rings. The number of aromatic nitrogens is 2. The third kappa shape index (κ3) is 4.05. The molecule has 5 nitrogen and oxygen atoms in total. The van der Waals surface area contributed by atoms with E-state index >= 15 is 0 Å². The number of amides is 1. The minimum absolute atomic E-state index is 0.0682. The lowest BCUT2D eigenvalue weighted by Gasteiger charge is -2.35. The fourth-order valence-electron chi connectivity index (χ4n) is 4.22. The number of thioether (sulfide) groups is 1. The predicted octanol–water partition coefficient (Wildman–Crippen LogP) is 4.95. The van der Waals surface area contributed by atoms with Crippen LogP contribution in [0.1, 0.15) is 43.7 Å². The largest absolute Gasteiger partial charge is 0.339 e. The second-order valence-electron chi connectivity index (χ2n) is 7.89. The minimum atomic E-state index is -0.0682. The Labute approximate surface area is 185 Å². The van der Waals surface area contributed by atoms with Crippen molar-refractivity contribution in [2.75, 3.05) is 12.3 Å². The van der Waals surface area contributed by atoms with Crippen molar-refractivity contribution in [2.45, 2.75) is 57.7 Å². The Morgan fingerprint density at radius 2 is 2.10 bits per heavy atom. The molecule has 2 aromatic heterocycles. The second-order valence-corrected chi connectivity index (χ2v) is 9.75. The van der Waals surface area contributed by atoms with Crippen LogP contribution in [0, 0.1) is 13.8 Å². The summed E-state index contributed by atoms with van der Waals surface area (Å²) in [5, 5.41) is 2.47. The molecular formula is C23H27N3O2S2. The molecule has 0 bridgehead atoms. The monoisotopic (exact) mass is 441 g/mol. The average Bonchev–Trinajstić information content (AvgIpc) is 3.22. The Bertz CT molecular complexity index is 1140. The van der Waals surface area contributed by atoms with Gasteiger partial charge < -0.3 is 4.90 Å². The summed E-state index contributed by atoms with van der Waals surface area (Å²) in [6, 6.07) is 8.25. The fraction of sp³-hybridized carbons (Fsp3) is 0.435. The van der Waals surface area contributed by atoms with Crippen LogP contribution in [-0.4, -0.2) is 38.7 Å². The van der Waals surface area contributed by atoms with Crippen molar-refractivity contribution in [1.82, 2.24) is 14.5 Å². The van der Waals surface area contributed by atoms with Crippen molar-refractivity contribution in [3.63, 3.8) is 0 Å². The molecule has 0 aliphatic carbocycles. The zero-order chi connectivity index (χ0) is 21.3. The number of benzene rings is 1. The summed E-state index contributed by atoms with van der Waals surface area (Å²) in [6.45, 7) is 7.02. The molecule has 1 aliphatic heterocycles. The summed E-state index contributed by atoms with van der Waals surface area (Å²) >= 11 is 2.78. The van der Waals surface area contributed by atoms with Crippen molar-refractivity contribution in [1.29, 1.82) is 0 Å². The van der Waals surface area contributed by atoms with Crippen LogP contribution < -0.4 is 5.56 Å². The topological polar surface area (TPSA) is 55.2 Å². The van der Waals surface area contributed by atoms with E-state index in [-0.39, 0.29) is 11.5 Å². The van der Waals surface area contributed by atoms with E-state index < -0.39 is 0 Å². The summed E-state index contributed by atoms with van der Waals surface area (Å²) in [6.07, 6.45) is 4.33. The van der Waals surface area contributed by atoms with Crippen LogP contribution in [0.25, 0.3) is 15.9 Å². The maximum Gasteiger partial charge on any atom is 0.276 e. The van der Waals surface area contributed by atoms with E-state index in [9.17, 15) is 9.59 Å². The van der Waals surface area contributed by atoms with Crippen molar-refractivity contribution < 1.29 is 4.79 Å². The number of nitrogens with zero attached hydrogens (tertiary/aromatic N) is 3. The zero-order valence-corrected chi connectivity index (χ0v) is 19.3. The number of carbonyl (C=O) groups is 1. The molecule has 1 fully saturated rings. The number of hydrogen-bond donors (Lipinski definition) is 0. The van der Waals surface area contributed by atoms with Gasteiger partial charge >= 0.3 is 0 Å². The van der Waals surface area contributed by atoms with Crippen LogP contribution in [0.15, 0.2) is 39.6 Å². The van der Waals surface area contributed by atoms with Crippen LogP contribution >= 0.6 is 23.1 Å². The summed E-state index contributed by atoms with van der Waals surface area (Å²) in [7, 11) is 0. The molecule has 1 aromatic carbocycles. The van der Waals surface area contributed by atoms with Gasteiger partial charge in [0.15, 0.2) is 5.16 Å². The highest BCUT2D eigenvalue weighted by Gasteiger charge is 2.26. The van der Waals surface area contributed by atoms with Gasteiger partial charge in [-0.05, 0) is 62.6 Å². The Kier molecular flexibility index (Phi) is 6.29. The number of piperidine rings is 1. The lowest BCUT2D eigenvalue weighted by Crippen LogP contribution is -2.44. The average molecular weight is 442 g/mol. The molecule has 158 valence electrons. The number of rotatable bonds is 5. The van der Waals surface area contributed by atoms with Crippen molar-refractivity contribution in [3.05, 3.63) is 51.1 Å². The number of carbonyl (C=O) groups excluding carboxylic acids is 1. The van der Waals surface area contributed by atoms with Crippen molar-refractivity contribution in [2.24, 2.45) is 0 Å². The van der Waals surface area contributed by atoms with E-state index in [2.05, 4.69) is 13.0 Å². The lowest BCUT2D eigenvalue weighted by atomic mass is 10.0. The van der Waals surface area contributed by atoms with E-state index in [1.54, 1.807) is 4.57 Å². The van der Waals surface area contributed by atoms with Crippen LogP contribution in [0.3, 0.4) is 0 Å². The van der Waals surface area contributed by atoms with Crippen LogP contribution in [0.4, 0.5) is 0 Å². The molecule has 0 saturated carbocycles. The number of thiophene rings is 1. The van der Waals surface area contributed by atoms with Gasteiger partial charge in [0.1, 0.15) is 4.70 Å². The molecule has 0 N–H and O–H groups in total. The Morgan fingerprint density at radius 3 is 2.87 bits per heavy atom. The van der Waals surface area contributed by atoms with Gasteiger partial charge in [-0.1, -0.05) is 36.4 Å². The molecule has 0 unspecified atom stereocenters. The first-order chi connectivity index (χ1) is 14.5. The first-order valence-corrected chi connectivity index (χ1v) is 12.4. The quantitative estimate of drug-likeness (QED) is 0.415. The molecule has 3 heterocycles. The van der Waals surface area contributed by atoms with E-state index in [1.807, 2.05) is 42.3 Å². The van der Waals surface area contributed by atoms with Crippen molar-refractivity contribution >= 4 is 39.2 Å². The van der Waals surface area contributed by atoms with E-state index in [4.69, 9.17) is 4.98 Å². The van der Waals surface area contributed by atoms with Crippen LogP contribution in [-0.2, 0) is 4.79 Å². The molecular weight excluding hydrogens is 414 g/mol. The Hall–Kier alpha value is -2.12. The molecule has 7 heteroatoms. The third-order valence-electron chi connectivity index (χ3n) is 5.79. The van der Waals surface area contributed by atoms with E-state index in [0.29, 0.717) is 27.2 Å². The van der Waals surface area contributed by atoms with Crippen LogP contribution in [0.2, 0.25) is 0 Å². The maximum atomic E-state index is 13.3. The number of likely N-dealkylation sites (tertiary alicyclic amines) is 1. The van der Waals surface area contributed by atoms with Crippen LogP contribution in [0.5, 0.6) is 0 Å². The molecule has 1 saturated heterocycles. The second kappa shape index (κ2) is 8.94. The van der Waals surface area contributed by atoms with Gasteiger partial charge in [0.2, 0.25) is 5.91 Å². The number of aryl methyl sites for hydroxylation is 2. The van der Waals surface area contributed by atoms with E-state index in [0.717, 1.165) is 42.6 Å². The van der Waals surface area contributed by atoms with Gasteiger partial charge in [-0.15, -0.1) is 11.3 Å². The van der Waals surface area contributed by atoms with Gasteiger partial charge in [0, 0.05) is 12.6 Å². The molecule has 30 heavy (non-hydrogen) atoms. The Balaban J connectivity index is 1.69. The highest BCUT2D eigenvalue weighted by Crippen LogP contribution is 2.27. The first kappa shape index (κ1) is 21.1. The fourth-order valence-corrected chi connectivity index (χ4v) is 5.87. The summed E-state index contributed by atoms with van der Waals surface area (Å²) in [5.74, 6) is 0.433. The number of hydrogen-bond acceptors (Lipinski definition) is 5. The molecule has 3 aromatic rings. The number of fused-ring (bicyclic) bond motifs is 1. The molecule has 0 spiro atoms. The SMILES string of the molecule is CC[C@H]1CCCCN1C(=O)CSc1nc2ccsc2c(=O)n1-c1ccc(C)cc1C. The normalized spacial score (nSPS) is 16.9. The minimum Gasteiger partial charge on any atom is -0.339 e. The van der Waals surface area contributed by atoms with E-state index in [1.165, 1.54) is 29.5 Å². The third-order valence-corrected chi connectivity index (χ3v) is 7.60. The Morgan fingerprint density at radius 1 is 1.27 bits per heavy atom. The summed E-state index contributed by atoms with van der Waals surface area (Å²) in [4.78, 5) is 33.1. The molecule has 4 rings (SSSR count). The summed E-state index contributed by atoms with van der Waals surface area (Å²) in [5.41, 5.74) is 3.62. The van der Waals surface area contributed by atoms with Gasteiger partial charge in [-0.25, -0.2) is 4.98 Å². The van der Waals surface area contributed by atoms with Gasteiger partial charge in [0.05, 0.1) is 17.0 Å². The summed E-state index contributed by atoms with van der Waals surface area (Å²) < 4.78 is 2.33. The van der Waals surface area contributed by atoms with Gasteiger partial charge in [-0.2, -0.15) is 0 Å². The first-order valence-electron chi connectivity index (χ1n) is 10.5. The van der Waals surface area contributed by atoms with Crippen molar-refractivity contribution in [3.8, 4) is 5.69 Å². The maximum absolute atomic E-state index is 13.3. The molecule has 1 atom stereocenters. The molecule has 1 amide bonds. The van der Waals surface area contributed by atoms with Gasteiger partial charge in [-0.3, -0.25) is 14.2 Å².